The molecule has 1 aliphatic heterocycles. The predicted molar refractivity (Wildman–Crippen MR) is 59.3 cm³/mol. The average molecular weight is 274 g/mol. The van der Waals surface area contributed by atoms with Gasteiger partial charge in [0.15, 0.2) is 0 Å². The van der Waals surface area contributed by atoms with Crippen LogP contribution >= 0.6 is 0 Å². The van der Waals surface area contributed by atoms with Crippen LogP contribution in [0.1, 0.15) is 0 Å². The van der Waals surface area contributed by atoms with Crippen molar-refractivity contribution in [3.63, 3.8) is 0 Å². The van der Waals surface area contributed by atoms with Gasteiger partial charge in [-0.15, -0.1) is 5.10 Å². The Balaban J connectivity index is 2.10. The number of aliphatic hydroxyl groups excluding tert-OH is 4. The van der Waals surface area contributed by atoms with Crippen molar-refractivity contribution in [1.29, 1.82) is 0 Å². The molecule has 19 heavy (non-hydrogen) atoms. The number of aliphatic hydroxyl groups is 4. The third kappa shape index (κ3) is 2.91. The molecular weight excluding hydrogens is 260 g/mol. The number of H-pyrrole nitrogens is 1. The van der Waals surface area contributed by atoms with Crippen LogP contribution in [0, 0.1) is 0 Å². The van der Waals surface area contributed by atoms with Crippen LogP contribution in [0.4, 0.5) is 0 Å². The minimum Gasteiger partial charge on any atom is -0.444 e. The van der Waals surface area contributed by atoms with Gasteiger partial charge in [-0.1, -0.05) is 0 Å². The SMILES string of the molecule is O=c1ccc(OC2OC(CO)C(O)C(O)C2O)n[nH]1. The predicted octanol–water partition coefficient (Wildman–Crippen LogP) is -3.05. The Morgan fingerprint density at radius 1 is 1.26 bits per heavy atom. The van der Waals surface area contributed by atoms with Gasteiger partial charge in [0, 0.05) is 12.1 Å². The number of aromatic amines is 1. The highest BCUT2D eigenvalue weighted by molar-refractivity contribution is 5.06. The summed E-state index contributed by atoms with van der Waals surface area (Å²) in [5.74, 6) is -0.0380. The van der Waals surface area contributed by atoms with Gasteiger partial charge in [0.05, 0.1) is 6.61 Å². The first-order chi connectivity index (χ1) is 9.02. The molecule has 9 nitrogen and oxygen atoms in total. The maximum absolute atomic E-state index is 10.8. The van der Waals surface area contributed by atoms with Crippen LogP contribution in [0.2, 0.25) is 0 Å². The Hall–Kier alpha value is -1.52. The summed E-state index contributed by atoms with van der Waals surface area (Å²) in [6.45, 7) is -0.552. The van der Waals surface area contributed by atoms with E-state index in [-0.39, 0.29) is 5.88 Å². The molecule has 1 aromatic rings. The summed E-state index contributed by atoms with van der Waals surface area (Å²) in [4.78, 5) is 10.8. The highest BCUT2D eigenvalue weighted by Crippen LogP contribution is 2.22. The zero-order valence-electron chi connectivity index (χ0n) is 9.71. The number of ether oxygens (including phenoxy) is 2. The maximum atomic E-state index is 10.8. The first kappa shape index (κ1) is 13.9. The second-order valence-corrected chi connectivity index (χ2v) is 4.07. The van der Waals surface area contributed by atoms with E-state index < -0.39 is 42.9 Å². The topological polar surface area (TPSA) is 145 Å². The summed E-state index contributed by atoms with van der Waals surface area (Å²) < 4.78 is 10.2. The molecule has 1 aromatic heterocycles. The van der Waals surface area contributed by atoms with Crippen molar-refractivity contribution in [3.8, 4) is 5.88 Å². The Morgan fingerprint density at radius 3 is 2.58 bits per heavy atom. The maximum Gasteiger partial charge on any atom is 0.264 e. The van der Waals surface area contributed by atoms with Crippen molar-refractivity contribution >= 4 is 0 Å². The number of aromatic nitrogens is 2. The second kappa shape index (κ2) is 5.63. The van der Waals surface area contributed by atoms with Crippen molar-refractivity contribution in [2.45, 2.75) is 30.7 Å². The van der Waals surface area contributed by atoms with E-state index in [1.807, 2.05) is 0 Å². The molecule has 0 aromatic carbocycles. The van der Waals surface area contributed by atoms with Crippen molar-refractivity contribution in [2.24, 2.45) is 0 Å². The van der Waals surface area contributed by atoms with E-state index in [2.05, 4.69) is 10.2 Å². The van der Waals surface area contributed by atoms with Crippen LogP contribution in [0.3, 0.4) is 0 Å². The molecule has 9 heteroatoms. The fourth-order valence-corrected chi connectivity index (χ4v) is 1.68. The van der Waals surface area contributed by atoms with Crippen molar-refractivity contribution in [1.82, 2.24) is 10.2 Å². The van der Waals surface area contributed by atoms with E-state index in [4.69, 9.17) is 14.6 Å². The molecule has 1 saturated heterocycles. The van der Waals surface area contributed by atoms with E-state index in [0.717, 1.165) is 6.07 Å². The Morgan fingerprint density at radius 2 is 2.00 bits per heavy atom. The molecule has 2 rings (SSSR count). The molecule has 0 spiro atoms. The van der Waals surface area contributed by atoms with Crippen LogP contribution in [-0.2, 0) is 4.74 Å². The lowest BCUT2D eigenvalue weighted by molar-refractivity contribution is -0.278. The molecule has 1 aliphatic rings. The Labute approximate surface area is 107 Å². The highest BCUT2D eigenvalue weighted by Gasteiger charge is 2.44. The average Bonchev–Trinajstić information content (AvgIpc) is 2.42. The van der Waals surface area contributed by atoms with E-state index in [1.165, 1.54) is 6.07 Å². The van der Waals surface area contributed by atoms with Crippen LogP contribution < -0.4 is 10.3 Å². The smallest absolute Gasteiger partial charge is 0.264 e. The van der Waals surface area contributed by atoms with Crippen LogP contribution in [0.15, 0.2) is 16.9 Å². The summed E-state index contributed by atoms with van der Waals surface area (Å²) >= 11 is 0. The zero-order chi connectivity index (χ0) is 14.0. The summed E-state index contributed by atoms with van der Waals surface area (Å²) in [5, 5.41) is 43.5. The summed E-state index contributed by atoms with van der Waals surface area (Å²) in [6, 6.07) is 2.41. The van der Waals surface area contributed by atoms with Gasteiger partial charge in [0.25, 0.3) is 5.56 Å². The van der Waals surface area contributed by atoms with E-state index in [1.54, 1.807) is 0 Å². The van der Waals surface area contributed by atoms with Crippen molar-refractivity contribution in [2.75, 3.05) is 6.61 Å². The zero-order valence-corrected chi connectivity index (χ0v) is 9.71. The molecule has 0 saturated carbocycles. The molecule has 1 fully saturated rings. The van der Waals surface area contributed by atoms with Crippen LogP contribution in [-0.4, -0.2) is 67.9 Å². The van der Waals surface area contributed by atoms with E-state index in [0.29, 0.717) is 0 Å². The molecule has 5 atom stereocenters. The van der Waals surface area contributed by atoms with Crippen molar-refractivity contribution in [3.05, 3.63) is 22.5 Å². The van der Waals surface area contributed by atoms with Crippen LogP contribution in [0.25, 0.3) is 0 Å². The number of nitrogens with zero attached hydrogens (tertiary/aromatic N) is 1. The Bertz CT molecular complexity index is 457. The molecule has 0 radical (unpaired) electrons. The lowest BCUT2D eigenvalue weighted by Crippen LogP contribution is -2.60. The largest absolute Gasteiger partial charge is 0.444 e. The number of rotatable bonds is 3. The molecule has 2 heterocycles. The third-order valence-corrected chi connectivity index (χ3v) is 2.74. The lowest BCUT2D eigenvalue weighted by atomic mass is 9.99. The lowest BCUT2D eigenvalue weighted by Gasteiger charge is -2.39. The number of hydrogen-bond donors (Lipinski definition) is 5. The molecule has 0 bridgehead atoms. The van der Waals surface area contributed by atoms with Gasteiger partial charge < -0.3 is 29.9 Å². The summed E-state index contributed by atoms with van der Waals surface area (Å²) in [6.07, 6.45) is -6.89. The first-order valence-corrected chi connectivity index (χ1v) is 5.56. The fraction of sp³-hybridized carbons (Fsp3) is 0.600. The van der Waals surface area contributed by atoms with Crippen molar-refractivity contribution < 1.29 is 29.9 Å². The monoisotopic (exact) mass is 274 g/mol. The molecule has 5 N–H and O–H groups in total. The van der Waals surface area contributed by atoms with Gasteiger partial charge in [0.2, 0.25) is 12.2 Å². The normalized spacial score (nSPS) is 35.1. The minimum atomic E-state index is -1.53. The fourth-order valence-electron chi connectivity index (χ4n) is 1.68. The van der Waals surface area contributed by atoms with Gasteiger partial charge in [-0.25, -0.2) is 5.10 Å². The summed E-state index contributed by atoms with van der Waals surface area (Å²) in [7, 11) is 0. The molecule has 5 unspecified atom stereocenters. The molecule has 0 aliphatic carbocycles. The van der Waals surface area contributed by atoms with Gasteiger partial charge >= 0.3 is 0 Å². The minimum absolute atomic E-state index is 0.0380. The van der Waals surface area contributed by atoms with Crippen LogP contribution in [0.5, 0.6) is 5.88 Å². The number of nitrogens with one attached hydrogen (secondary N) is 1. The third-order valence-electron chi connectivity index (χ3n) is 2.74. The highest BCUT2D eigenvalue weighted by atomic mass is 16.7. The first-order valence-electron chi connectivity index (χ1n) is 5.56. The van der Waals surface area contributed by atoms with Gasteiger partial charge in [-0.05, 0) is 0 Å². The number of hydrogen-bond acceptors (Lipinski definition) is 8. The molecule has 106 valence electrons. The molecular formula is C10H14N2O7. The van der Waals surface area contributed by atoms with E-state index >= 15 is 0 Å². The molecule has 0 amide bonds. The quantitative estimate of drug-likeness (QED) is 0.391. The second-order valence-electron chi connectivity index (χ2n) is 4.07. The Kier molecular flexibility index (Phi) is 4.12. The van der Waals surface area contributed by atoms with Gasteiger partial charge in [-0.2, -0.15) is 0 Å². The van der Waals surface area contributed by atoms with Gasteiger partial charge in [0.1, 0.15) is 24.4 Å². The van der Waals surface area contributed by atoms with E-state index in [9.17, 15) is 20.1 Å². The standard InChI is InChI=1S/C10H14N2O7/c13-3-4-7(15)8(16)9(17)10(18-4)19-6-2-1-5(14)11-12-6/h1-2,4,7-10,13,15-17H,3H2,(H,11,14). The van der Waals surface area contributed by atoms with Gasteiger partial charge in [-0.3, -0.25) is 4.79 Å². The summed E-state index contributed by atoms with van der Waals surface area (Å²) in [5.41, 5.74) is -0.429.